The predicted octanol–water partition coefficient (Wildman–Crippen LogP) is 10.8. The van der Waals surface area contributed by atoms with Gasteiger partial charge in [-0.1, -0.05) is 133 Å². The highest BCUT2D eigenvalue weighted by Gasteiger charge is 2.38. The van der Waals surface area contributed by atoms with E-state index in [0.29, 0.717) is 12.0 Å². The van der Waals surface area contributed by atoms with E-state index >= 15 is 0 Å². The molecule has 9 rings (SSSR count). The van der Waals surface area contributed by atoms with Crippen molar-refractivity contribution in [2.24, 2.45) is 0 Å². The summed E-state index contributed by atoms with van der Waals surface area (Å²) in [4.78, 5) is 2.34. The molecule has 0 fully saturated rings. The quantitative estimate of drug-likeness (QED) is 0.191. The van der Waals surface area contributed by atoms with Crippen LogP contribution in [0.1, 0.15) is 22.6 Å². The Hall–Kier alpha value is -6.62. The van der Waals surface area contributed by atoms with E-state index in [9.17, 15) is 10.5 Å². The molecule has 2 atom stereocenters. The van der Waals surface area contributed by atoms with Gasteiger partial charge in [-0.25, -0.2) is 0 Å². The lowest BCUT2D eigenvalue weighted by molar-refractivity contribution is 0.744. The summed E-state index contributed by atoms with van der Waals surface area (Å²) < 4.78 is 2.31. The third kappa shape index (κ3) is 4.36. The number of hydrogen-bond donors (Lipinski definition) is 0. The van der Waals surface area contributed by atoms with Crippen molar-refractivity contribution in [3.8, 4) is 40.1 Å². The molecule has 0 amide bonds. The Morgan fingerprint density at radius 1 is 0.551 bits per heavy atom. The highest BCUT2D eigenvalue weighted by Crippen LogP contribution is 2.50. The zero-order valence-corrected chi connectivity index (χ0v) is 26.7. The van der Waals surface area contributed by atoms with Crippen molar-refractivity contribution in [2.75, 3.05) is 4.90 Å². The highest BCUT2D eigenvalue weighted by atomic mass is 15.2. The predicted molar refractivity (Wildman–Crippen MR) is 199 cm³/mol. The zero-order chi connectivity index (χ0) is 32.9. The SMILES string of the molecule is N#CCc1cccc2c3ccccc3n(-c3ccccc3-c3ccccc3-c3cccc(N4c5ccccc5C5C=CC=CC54)c3C#N)c12. The molecule has 0 saturated carbocycles. The molecule has 4 nitrogen and oxygen atoms in total. The molecule has 1 aliphatic heterocycles. The second-order valence-electron chi connectivity index (χ2n) is 12.6. The van der Waals surface area contributed by atoms with Crippen LogP contribution in [0.4, 0.5) is 11.4 Å². The van der Waals surface area contributed by atoms with Crippen LogP contribution in [0.2, 0.25) is 0 Å². The van der Waals surface area contributed by atoms with Crippen molar-refractivity contribution >= 4 is 33.2 Å². The molecular weight excluding hydrogens is 597 g/mol. The van der Waals surface area contributed by atoms with Crippen LogP contribution in [0.25, 0.3) is 49.7 Å². The normalized spacial score (nSPS) is 16.0. The number of rotatable bonds is 5. The minimum Gasteiger partial charge on any atom is -0.332 e. The summed E-state index contributed by atoms with van der Waals surface area (Å²) in [6.45, 7) is 0. The molecule has 0 bridgehead atoms. The van der Waals surface area contributed by atoms with Gasteiger partial charge in [-0.15, -0.1) is 0 Å². The maximum atomic E-state index is 10.9. The van der Waals surface area contributed by atoms with Gasteiger partial charge in [0, 0.05) is 33.5 Å². The molecule has 7 aromatic rings. The number of anilines is 2. The molecule has 2 heterocycles. The number of nitrogens with zero attached hydrogens (tertiary/aromatic N) is 4. The van der Waals surface area contributed by atoms with E-state index in [1.807, 2.05) is 6.07 Å². The number of para-hydroxylation sites is 4. The lowest BCUT2D eigenvalue weighted by Crippen LogP contribution is -2.29. The third-order valence-corrected chi connectivity index (χ3v) is 10.1. The van der Waals surface area contributed by atoms with E-state index < -0.39 is 0 Å². The topological polar surface area (TPSA) is 55.8 Å². The van der Waals surface area contributed by atoms with Crippen LogP contribution in [0.3, 0.4) is 0 Å². The average Bonchev–Trinajstić information content (AvgIpc) is 3.68. The second kappa shape index (κ2) is 11.6. The first-order valence-electron chi connectivity index (χ1n) is 16.6. The van der Waals surface area contributed by atoms with Gasteiger partial charge in [-0.3, -0.25) is 0 Å². The molecule has 0 radical (unpaired) electrons. The van der Waals surface area contributed by atoms with E-state index in [0.717, 1.165) is 66.7 Å². The Labute approximate surface area is 285 Å². The van der Waals surface area contributed by atoms with E-state index in [2.05, 4.69) is 173 Å². The van der Waals surface area contributed by atoms with E-state index in [-0.39, 0.29) is 12.0 Å². The fraction of sp³-hybridized carbons (Fsp3) is 0.0667. The number of benzene rings is 6. The van der Waals surface area contributed by atoms with Crippen molar-refractivity contribution in [3.63, 3.8) is 0 Å². The molecule has 1 aromatic heterocycles. The van der Waals surface area contributed by atoms with E-state index in [4.69, 9.17) is 0 Å². The molecule has 4 heteroatoms. The summed E-state index contributed by atoms with van der Waals surface area (Å²) in [5.41, 5.74) is 12.1. The van der Waals surface area contributed by atoms with Gasteiger partial charge in [0.25, 0.3) is 0 Å². The summed E-state index contributed by atoms with van der Waals surface area (Å²) in [5, 5.41) is 23.0. The van der Waals surface area contributed by atoms with Crippen LogP contribution in [0.15, 0.2) is 158 Å². The van der Waals surface area contributed by atoms with E-state index in [1.165, 1.54) is 5.56 Å². The molecule has 2 unspecified atom stereocenters. The van der Waals surface area contributed by atoms with Crippen molar-refractivity contribution in [2.45, 2.75) is 18.4 Å². The van der Waals surface area contributed by atoms with Crippen LogP contribution >= 0.6 is 0 Å². The van der Waals surface area contributed by atoms with Crippen molar-refractivity contribution < 1.29 is 0 Å². The zero-order valence-electron chi connectivity index (χ0n) is 26.7. The second-order valence-corrected chi connectivity index (χ2v) is 12.6. The summed E-state index contributed by atoms with van der Waals surface area (Å²) in [6, 6.07) is 51.5. The fourth-order valence-electron chi connectivity index (χ4n) is 8.07. The lowest BCUT2D eigenvalue weighted by Gasteiger charge is -2.30. The van der Waals surface area contributed by atoms with Crippen molar-refractivity contribution in [1.29, 1.82) is 10.5 Å². The van der Waals surface area contributed by atoms with Crippen molar-refractivity contribution in [3.05, 3.63) is 174 Å². The number of aromatic nitrogens is 1. The third-order valence-electron chi connectivity index (χ3n) is 10.1. The summed E-state index contributed by atoms with van der Waals surface area (Å²) >= 11 is 0. The first-order valence-corrected chi connectivity index (χ1v) is 16.6. The largest absolute Gasteiger partial charge is 0.332 e. The van der Waals surface area contributed by atoms with Gasteiger partial charge in [-0.05, 0) is 46.5 Å². The van der Waals surface area contributed by atoms with Gasteiger partial charge in [0.05, 0.1) is 46.5 Å². The van der Waals surface area contributed by atoms with Gasteiger partial charge in [0.1, 0.15) is 6.07 Å². The lowest BCUT2D eigenvalue weighted by atomic mass is 9.89. The fourth-order valence-corrected chi connectivity index (χ4v) is 8.07. The maximum Gasteiger partial charge on any atom is 0.102 e. The number of allylic oxidation sites excluding steroid dienone is 2. The Morgan fingerprint density at radius 2 is 1.18 bits per heavy atom. The first-order chi connectivity index (χ1) is 24.3. The van der Waals surface area contributed by atoms with Crippen LogP contribution in [0.5, 0.6) is 0 Å². The molecule has 6 aromatic carbocycles. The van der Waals surface area contributed by atoms with Gasteiger partial charge in [0.15, 0.2) is 0 Å². The number of hydrogen-bond acceptors (Lipinski definition) is 3. The Morgan fingerprint density at radius 3 is 2.02 bits per heavy atom. The Balaban J connectivity index is 1.27. The van der Waals surface area contributed by atoms with Crippen LogP contribution in [0, 0.1) is 22.7 Å². The maximum absolute atomic E-state index is 10.9. The van der Waals surface area contributed by atoms with Gasteiger partial charge in [0.2, 0.25) is 0 Å². The monoisotopic (exact) mass is 626 g/mol. The van der Waals surface area contributed by atoms with Gasteiger partial charge < -0.3 is 9.47 Å². The molecule has 2 aliphatic rings. The average molecular weight is 627 g/mol. The van der Waals surface area contributed by atoms with Crippen LogP contribution in [-0.4, -0.2) is 10.6 Å². The molecule has 0 spiro atoms. The number of nitriles is 2. The van der Waals surface area contributed by atoms with Crippen LogP contribution in [-0.2, 0) is 6.42 Å². The van der Waals surface area contributed by atoms with E-state index in [1.54, 1.807) is 0 Å². The Bertz CT molecular complexity index is 2590. The first kappa shape index (κ1) is 28.6. The van der Waals surface area contributed by atoms with Gasteiger partial charge >= 0.3 is 0 Å². The smallest absolute Gasteiger partial charge is 0.102 e. The molecular formula is C45H30N4. The van der Waals surface area contributed by atoms with Crippen molar-refractivity contribution in [1.82, 2.24) is 4.57 Å². The Kier molecular flexibility index (Phi) is 6.75. The minimum absolute atomic E-state index is 0.0960. The summed E-state index contributed by atoms with van der Waals surface area (Å²) in [6.07, 6.45) is 9.06. The van der Waals surface area contributed by atoms with Crippen LogP contribution < -0.4 is 4.90 Å². The van der Waals surface area contributed by atoms with Gasteiger partial charge in [-0.2, -0.15) is 10.5 Å². The summed E-state index contributed by atoms with van der Waals surface area (Å²) in [5.74, 6) is 0.229. The molecule has 0 saturated heterocycles. The number of fused-ring (bicyclic) bond motifs is 6. The highest BCUT2D eigenvalue weighted by molar-refractivity contribution is 6.11. The standard InChI is InChI=1S/C45H30N4/c46-28-27-30-13-11-21-38-37-19-6-10-25-43(37)49(45(30)38)42-24-9-3-16-34(42)32-15-2-1-14-31(32)33-20-12-26-44(39(33)29-47)48-40-22-7-4-17-35(40)36-18-5-8-23-41(36)48/h1-26,35,40H,27H2. The molecule has 1 aliphatic carbocycles. The molecule has 49 heavy (non-hydrogen) atoms. The molecule has 0 N–H and O–H groups in total. The summed E-state index contributed by atoms with van der Waals surface area (Å²) in [7, 11) is 0. The molecule has 230 valence electrons. The minimum atomic E-state index is 0.0960.